The molecule has 0 aliphatic heterocycles. The monoisotopic (exact) mass is 197 g/mol. The highest BCUT2D eigenvalue weighted by Gasteiger charge is 2.17. The van der Waals surface area contributed by atoms with Gasteiger partial charge in [-0.3, -0.25) is 0 Å². The van der Waals surface area contributed by atoms with Crippen molar-refractivity contribution in [3.8, 4) is 0 Å². The molecule has 0 aromatic rings. The van der Waals surface area contributed by atoms with Crippen LogP contribution in [0, 0.1) is 11.8 Å². The van der Waals surface area contributed by atoms with E-state index in [-0.39, 0.29) is 0 Å². The first-order valence-corrected chi connectivity index (χ1v) is 6.41. The van der Waals surface area contributed by atoms with Crippen molar-refractivity contribution in [3.63, 3.8) is 0 Å². The van der Waals surface area contributed by atoms with Crippen LogP contribution in [0.4, 0.5) is 0 Å². The van der Waals surface area contributed by atoms with E-state index < -0.39 is 0 Å². The first-order chi connectivity index (χ1) is 6.72. The maximum Gasteiger partial charge on any atom is -0.00191 e. The fourth-order valence-corrected chi connectivity index (χ4v) is 2.51. The smallest absolute Gasteiger partial charge is 0.00191 e. The molecule has 1 heteroatoms. The van der Waals surface area contributed by atoms with Gasteiger partial charge in [-0.05, 0) is 44.8 Å². The molecule has 1 aliphatic rings. The molecule has 1 aliphatic carbocycles. The first kappa shape index (κ1) is 12.0. The van der Waals surface area contributed by atoms with Gasteiger partial charge in [-0.2, -0.15) is 0 Å². The molecule has 0 spiro atoms. The Morgan fingerprint density at radius 1 is 1.07 bits per heavy atom. The fraction of sp³-hybridized carbons (Fsp3) is 1.00. The normalized spacial score (nSPS) is 28.3. The van der Waals surface area contributed by atoms with E-state index in [1.807, 2.05) is 0 Å². The minimum absolute atomic E-state index is 1.000. The molecular formula is C13H27N. The summed E-state index contributed by atoms with van der Waals surface area (Å²) in [5.41, 5.74) is 0. The minimum atomic E-state index is 1.000. The van der Waals surface area contributed by atoms with Gasteiger partial charge in [-0.15, -0.1) is 0 Å². The van der Waals surface area contributed by atoms with Gasteiger partial charge in [0.15, 0.2) is 0 Å². The second-order valence-electron chi connectivity index (χ2n) is 5.22. The van der Waals surface area contributed by atoms with Crippen LogP contribution in [-0.4, -0.2) is 25.0 Å². The molecule has 0 saturated heterocycles. The van der Waals surface area contributed by atoms with Crippen LogP contribution in [-0.2, 0) is 0 Å². The molecule has 0 radical (unpaired) electrons. The lowest BCUT2D eigenvalue weighted by Crippen LogP contribution is -2.24. The number of hydrogen-bond acceptors (Lipinski definition) is 1. The van der Waals surface area contributed by atoms with Crippen LogP contribution in [0.3, 0.4) is 0 Å². The van der Waals surface area contributed by atoms with Crippen LogP contribution < -0.4 is 0 Å². The van der Waals surface area contributed by atoms with Gasteiger partial charge in [0.25, 0.3) is 0 Å². The standard InChI is InChI=1S/C13H27N/c1-4-10-14(3)11-9-13-7-5-12(2)6-8-13/h12-13H,4-11H2,1-3H3/t12-,13-. The predicted octanol–water partition coefficient (Wildman–Crippen LogP) is 3.54. The summed E-state index contributed by atoms with van der Waals surface area (Å²) >= 11 is 0. The summed E-state index contributed by atoms with van der Waals surface area (Å²) in [5.74, 6) is 2.03. The molecule has 0 aromatic heterocycles. The topological polar surface area (TPSA) is 3.24 Å². The third-order valence-electron chi connectivity index (χ3n) is 3.66. The third kappa shape index (κ3) is 4.45. The van der Waals surface area contributed by atoms with Crippen molar-refractivity contribution in [3.05, 3.63) is 0 Å². The zero-order valence-corrected chi connectivity index (χ0v) is 10.3. The van der Waals surface area contributed by atoms with Crippen molar-refractivity contribution in [2.45, 2.75) is 52.4 Å². The van der Waals surface area contributed by atoms with E-state index in [0.29, 0.717) is 0 Å². The van der Waals surface area contributed by atoms with Crippen molar-refractivity contribution < 1.29 is 0 Å². The van der Waals surface area contributed by atoms with Crippen LogP contribution in [0.2, 0.25) is 0 Å². The van der Waals surface area contributed by atoms with Crippen LogP contribution in [0.15, 0.2) is 0 Å². The summed E-state index contributed by atoms with van der Waals surface area (Å²) in [6.45, 7) is 7.24. The lowest BCUT2D eigenvalue weighted by atomic mass is 9.81. The Labute approximate surface area is 89.9 Å². The van der Waals surface area contributed by atoms with Crippen LogP contribution in [0.5, 0.6) is 0 Å². The van der Waals surface area contributed by atoms with Gasteiger partial charge < -0.3 is 4.90 Å². The highest BCUT2D eigenvalue weighted by molar-refractivity contribution is 4.70. The van der Waals surface area contributed by atoms with Gasteiger partial charge in [0.2, 0.25) is 0 Å². The van der Waals surface area contributed by atoms with Gasteiger partial charge in [-0.1, -0.05) is 39.5 Å². The molecule has 0 amide bonds. The van der Waals surface area contributed by atoms with Crippen molar-refractivity contribution in [1.82, 2.24) is 4.90 Å². The molecule has 0 aromatic carbocycles. The number of rotatable bonds is 5. The molecule has 0 N–H and O–H groups in total. The Hall–Kier alpha value is -0.0400. The maximum atomic E-state index is 2.48. The summed E-state index contributed by atoms with van der Waals surface area (Å²) in [4.78, 5) is 2.48. The van der Waals surface area contributed by atoms with Gasteiger partial charge in [-0.25, -0.2) is 0 Å². The summed E-state index contributed by atoms with van der Waals surface area (Å²) in [5, 5.41) is 0. The highest BCUT2D eigenvalue weighted by Crippen LogP contribution is 2.30. The molecule has 1 saturated carbocycles. The SMILES string of the molecule is CCCN(C)CC[C@H]1CC[C@H](C)CC1. The first-order valence-electron chi connectivity index (χ1n) is 6.41. The minimum Gasteiger partial charge on any atom is -0.306 e. The molecule has 1 rings (SSSR count). The van der Waals surface area contributed by atoms with E-state index >= 15 is 0 Å². The molecule has 0 atom stereocenters. The summed E-state index contributed by atoms with van der Waals surface area (Å²) < 4.78 is 0. The average molecular weight is 197 g/mol. The highest BCUT2D eigenvalue weighted by atomic mass is 15.1. The average Bonchev–Trinajstić information content (AvgIpc) is 2.17. The largest absolute Gasteiger partial charge is 0.306 e. The fourth-order valence-electron chi connectivity index (χ4n) is 2.51. The van der Waals surface area contributed by atoms with Gasteiger partial charge in [0.1, 0.15) is 0 Å². The number of hydrogen-bond donors (Lipinski definition) is 0. The molecule has 0 unspecified atom stereocenters. The van der Waals surface area contributed by atoms with Crippen LogP contribution in [0.1, 0.15) is 52.4 Å². The zero-order chi connectivity index (χ0) is 10.4. The molecule has 1 fully saturated rings. The van der Waals surface area contributed by atoms with Crippen LogP contribution >= 0.6 is 0 Å². The Morgan fingerprint density at radius 2 is 1.71 bits per heavy atom. The van der Waals surface area contributed by atoms with E-state index in [4.69, 9.17) is 0 Å². The second kappa shape index (κ2) is 6.44. The van der Waals surface area contributed by atoms with E-state index in [0.717, 1.165) is 11.8 Å². The van der Waals surface area contributed by atoms with E-state index in [1.165, 1.54) is 51.6 Å². The van der Waals surface area contributed by atoms with Crippen LogP contribution in [0.25, 0.3) is 0 Å². The van der Waals surface area contributed by atoms with Crippen molar-refractivity contribution in [1.29, 1.82) is 0 Å². The molecule has 1 nitrogen and oxygen atoms in total. The van der Waals surface area contributed by atoms with Crippen molar-refractivity contribution >= 4 is 0 Å². The predicted molar refractivity (Wildman–Crippen MR) is 63.5 cm³/mol. The lowest BCUT2D eigenvalue weighted by Gasteiger charge is -2.27. The Bertz CT molecular complexity index is 136. The number of nitrogens with zero attached hydrogens (tertiary/aromatic N) is 1. The van der Waals surface area contributed by atoms with Gasteiger partial charge in [0.05, 0.1) is 0 Å². The molecular weight excluding hydrogens is 170 g/mol. The Kier molecular flexibility index (Phi) is 5.54. The summed E-state index contributed by atoms with van der Waals surface area (Å²) in [6.07, 6.45) is 8.65. The van der Waals surface area contributed by atoms with E-state index in [9.17, 15) is 0 Å². The quantitative estimate of drug-likeness (QED) is 0.651. The summed E-state index contributed by atoms with van der Waals surface area (Å²) in [6, 6.07) is 0. The van der Waals surface area contributed by atoms with E-state index in [2.05, 4.69) is 25.8 Å². The summed E-state index contributed by atoms with van der Waals surface area (Å²) in [7, 11) is 2.26. The van der Waals surface area contributed by atoms with Gasteiger partial charge >= 0.3 is 0 Å². The van der Waals surface area contributed by atoms with Crippen molar-refractivity contribution in [2.75, 3.05) is 20.1 Å². The molecule has 84 valence electrons. The third-order valence-corrected chi connectivity index (χ3v) is 3.66. The van der Waals surface area contributed by atoms with Gasteiger partial charge in [0, 0.05) is 0 Å². The van der Waals surface area contributed by atoms with E-state index in [1.54, 1.807) is 0 Å². The lowest BCUT2D eigenvalue weighted by molar-refractivity contribution is 0.238. The zero-order valence-electron chi connectivity index (χ0n) is 10.3. The molecule has 14 heavy (non-hydrogen) atoms. The second-order valence-corrected chi connectivity index (χ2v) is 5.22. The maximum absolute atomic E-state index is 2.48. The Balaban J connectivity index is 2.06. The molecule has 0 bridgehead atoms. The Morgan fingerprint density at radius 3 is 2.29 bits per heavy atom. The van der Waals surface area contributed by atoms with Crippen molar-refractivity contribution in [2.24, 2.45) is 11.8 Å². The molecule has 0 heterocycles.